The number of primary amides is 1. The number of nitrogens with one attached hydrogen (secondary N) is 1. The monoisotopic (exact) mass is 388 g/mol. The van der Waals surface area contributed by atoms with Crippen molar-refractivity contribution in [3.63, 3.8) is 0 Å². The summed E-state index contributed by atoms with van der Waals surface area (Å²) in [6.07, 6.45) is 1.25. The van der Waals surface area contributed by atoms with E-state index in [0.29, 0.717) is 42.2 Å². The molecule has 0 aliphatic carbocycles. The first-order chi connectivity index (χ1) is 12.8. The second-order valence-corrected chi connectivity index (χ2v) is 8.72. The summed E-state index contributed by atoms with van der Waals surface area (Å²) in [7, 11) is -3.48. The lowest BCUT2D eigenvalue weighted by Gasteiger charge is -2.32. The topological polar surface area (TPSA) is 105 Å². The van der Waals surface area contributed by atoms with Gasteiger partial charge in [-0.3, -0.25) is 4.79 Å². The Kier molecular flexibility index (Phi) is 5.48. The van der Waals surface area contributed by atoms with Crippen LogP contribution in [0.1, 0.15) is 34.5 Å². The van der Waals surface area contributed by atoms with Crippen LogP contribution in [-0.2, 0) is 10.0 Å². The summed E-state index contributed by atoms with van der Waals surface area (Å²) < 4.78 is 26.9. The van der Waals surface area contributed by atoms with E-state index in [1.807, 2.05) is 13.8 Å². The number of hydrogen-bond acceptors (Lipinski definition) is 5. The number of amides is 1. The number of nitrogens with two attached hydrogens (primary N) is 1. The number of aromatic nitrogens is 1. The highest BCUT2D eigenvalue weighted by atomic mass is 32.2. The Morgan fingerprint density at radius 1 is 1.19 bits per heavy atom. The average Bonchev–Trinajstić information content (AvgIpc) is 2.65. The van der Waals surface area contributed by atoms with Crippen molar-refractivity contribution in [1.82, 2.24) is 9.29 Å². The Balaban J connectivity index is 1.70. The number of nitrogens with zero attached hydrogens (tertiary/aromatic N) is 2. The molecule has 1 fully saturated rings. The zero-order valence-corrected chi connectivity index (χ0v) is 16.3. The number of aryl methyl sites for hydroxylation is 2. The molecule has 0 unspecified atom stereocenters. The lowest BCUT2D eigenvalue weighted by Crippen LogP contribution is -2.42. The van der Waals surface area contributed by atoms with Gasteiger partial charge in [-0.2, -0.15) is 4.31 Å². The fourth-order valence-corrected chi connectivity index (χ4v) is 4.67. The Morgan fingerprint density at radius 3 is 2.41 bits per heavy atom. The lowest BCUT2D eigenvalue weighted by atomic mass is 10.1. The summed E-state index contributed by atoms with van der Waals surface area (Å²) in [6.45, 7) is 4.57. The number of pyridine rings is 1. The molecule has 1 aliphatic rings. The number of anilines is 1. The SMILES string of the molecule is Cc1cc(C(N)=O)c(NC2CCN(S(=O)(=O)c3ccccc3)CC2)nc1C. The molecule has 0 spiro atoms. The quantitative estimate of drug-likeness (QED) is 0.816. The van der Waals surface area contributed by atoms with Gasteiger partial charge >= 0.3 is 0 Å². The van der Waals surface area contributed by atoms with Crippen LogP contribution in [0.3, 0.4) is 0 Å². The van der Waals surface area contributed by atoms with Crippen molar-refractivity contribution in [2.45, 2.75) is 37.6 Å². The molecule has 0 atom stereocenters. The summed E-state index contributed by atoms with van der Waals surface area (Å²) in [4.78, 5) is 16.5. The first kappa shape index (κ1) is 19.3. The molecule has 27 heavy (non-hydrogen) atoms. The van der Waals surface area contributed by atoms with E-state index in [1.54, 1.807) is 36.4 Å². The molecule has 7 nitrogen and oxygen atoms in total. The summed E-state index contributed by atoms with van der Waals surface area (Å²) in [5.74, 6) is -0.0628. The fraction of sp³-hybridized carbons (Fsp3) is 0.368. The van der Waals surface area contributed by atoms with E-state index in [9.17, 15) is 13.2 Å². The minimum atomic E-state index is -3.48. The molecular weight excluding hydrogens is 364 g/mol. The Labute approximate surface area is 159 Å². The molecule has 2 heterocycles. The van der Waals surface area contributed by atoms with Gasteiger partial charge in [-0.1, -0.05) is 18.2 Å². The molecule has 0 radical (unpaired) electrons. The number of rotatable bonds is 5. The molecule has 1 saturated heterocycles. The number of piperidine rings is 1. The highest BCUT2D eigenvalue weighted by molar-refractivity contribution is 7.89. The van der Waals surface area contributed by atoms with Crippen LogP contribution in [0.25, 0.3) is 0 Å². The smallest absolute Gasteiger partial charge is 0.252 e. The second kappa shape index (κ2) is 7.66. The fourth-order valence-electron chi connectivity index (χ4n) is 3.18. The van der Waals surface area contributed by atoms with Gasteiger partial charge in [0.15, 0.2) is 0 Å². The van der Waals surface area contributed by atoms with Gasteiger partial charge in [-0.15, -0.1) is 0 Å². The minimum Gasteiger partial charge on any atom is -0.367 e. The number of carbonyl (C=O) groups is 1. The molecule has 0 saturated carbocycles. The van der Waals surface area contributed by atoms with E-state index in [2.05, 4.69) is 10.3 Å². The maximum atomic E-state index is 12.7. The van der Waals surface area contributed by atoms with E-state index >= 15 is 0 Å². The van der Waals surface area contributed by atoms with Crippen molar-refractivity contribution in [3.05, 3.63) is 53.2 Å². The highest BCUT2D eigenvalue weighted by Gasteiger charge is 2.29. The van der Waals surface area contributed by atoms with Crippen molar-refractivity contribution >= 4 is 21.7 Å². The number of sulfonamides is 1. The second-order valence-electron chi connectivity index (χ2n) is 6.79. The Bertz CT molecular complexity index is 937. The van der Waals surface area contributed by atoms with Crippen LogP contribution < -0.4 is 11.1 Å². The highest BCUT2D eigenvalue weighted by Crippen LogP contribution is 2.24. The van der Waals surface area contributed by atoms with Crippen LogP contribution in [0.2, 0.25) is 0 Å². The molecule has 1 aliphatic heterocycles. The van der Waals surface area contributed by atoms with Crippen molar-refractivity contribution in [1.29, 1.82) is 0 Å². The Morgan fingerprint density at radius 2 is 1.81 bits per heavy atom. The summed E-state index contributed by atoms with van der Waals surface area (Å²) in [5, 5.41) is 3.28. The van der Waals surface area contributed by atoms with Gasteiger partial charge in [-0.05, 0) is 50.5 Å². The van der Waals surface area contributed by atoms with E-state index in [4.69, 9.17) is 5.73 Å². The van der Waals surface area contributed by atoms with Crippen LogP contribution in [0.15, 0.2) is 41.3 Å². The van der Waals surface area contributed by atoms with Gasteiger partial charge in [0.05, 0.1) is 10.5 Å². The molecule has 3 rings (SSSR count). The maximum absolute atomic E-state index is 12.7. The zero-order chi connectivity index (χ0) is 19.6. The van der Waals surface area contributed by atoms with Crippen LogP contribution in [0, 0.1) is 13.8 Å². The summed E-state index contributed by atoms with van der Waals surface area (Å²) >= 11 is 0. The number of carbonyl (C=O) groups excluding carboxylic acids is 1. The molecule has 1 aromatic carbocycles. The molecule has 1 amide bonds. The van der Waals surface area contributed by atoms with Gasteiger partial charge in [0, 0.05) is 24.8 Å². The van der Waals surface area contributed by atoms with E-state index < -0.39 is 15.9 Å². The summed E-state index contributed by atoms with van der Waals surface area (Å²) in [6, 6.07) is 10.2. The lowest BCUT2D eigenvalue weighted by molar-refractivity contribution is 0.100. The van der Waals surface area contributed by atoms with Gasteiger partial charge in [0.1, 0.15) is 5.82 Å². The third kappa shape index (κ3) is 4.12. The van der Waals surface area contributed by atoms with Gasteiger partial charge in [-0.25, -0.2) is 13.4 Å². The molecule has 3 N–H and O–H groups in total. The van der Waals surface area contributed by atoms with Gasteiger partial charge in [0.2, 0.25) is 10.0 Å². The first-order valence-electron chi connectivity index (χ1n) is 8.89. The average molecular weight is 388 g/mol. The molecule has 2 aromatic rings. The third-order valence-electron chi connectivity index (χ3n) is 4.91. The first-order valence-corrected chi connectivity index (χ1v) is 10.3. The standard InChI is InChI=1S/C19H24N4O3S/c1-13-12-17(18(20)24)19(21-14(13)2)22-15-8-10-23(11-9-15)27(25,26)16-6-4-3-5-7-16/h3-7,12,15H,8-11H2,1-2H3,(H2,20,24)(H,21,22). The van der Waals surface area contributed by atoms with Crippen molar-refractivity contribution in [2.24, 2.45) is 5.73 Å². The van der Waals surface area contributed by atoms with Crippen LogP contribution in [-0.4, -0.2) is 42.7 Å². The predicted molar refractivity (Wildman–Crippen MR) is 104 cm³/mol. The molecule has 8 heteroatoms. The molecule has 144 valence electrons. The van der Waals surface area contributed by atoms with Gasteiger partial charge < -0.3 is 11.1 Å². The van der Waals surface area contributed by atoms with Crippen molar-refractivity contribution in [2.75, 3.05) is 18.4 Å². The molecule has 1 aromatic heterocycles. The van der Waals surface area contributed by atoms with Crippen LogP contribution in [0.5, 0.6) is 0 Å². The van der Waals surface area contributed by atoms with E-state index in [1.165, 1.54) is 4.31 Å². The zero-order valence-electron chi connectivity index (χ0n) is 15.5. The van der Waals surface area contributed by atoms with Gasteiger partial charge in [0.25, 0.3) is 5.91 Å². The largest absolute Gasteiger partial charge is 0.367 e. The third-order valence-corrected chi connectivity index (χ3v) is 6.82. The number of hydrogen-bond donors (Lipinski definition) is 2. The Hall–Kier alpha value is -2.45. The maximum Gasteiger partial charge on any atom is 0.252 e. The summed E-state index contributed by atoms with van der Waals surface area (Å²) in [5.41, 5.74) is 7.56. The molecule has 0 bridgehead atoms. The number of benzene rings is 1. The normalized spacial score (nSPS) is 16.2. The molecular formula is C19H24N4O3S. The minimum absolute atomic E-state index is 0.0277. The van der Waals surface area contributed by atoms with Crippen LogP contribution >= 0.6 is 0 Å². The van der Waals surface area contributed by atoms with Crippen molar-refractivity contribution in [3.8, 4) is 0 Å². The van der Waals surface area contributed by atoms with E-state index in [-0.39, 0.29) is 6.04 Å². The van der Waals surface area contributed by atoms with Crippen LogP contribution in [0.4, 0.5) is 5.82 Å². The van der Waals surface area contributed by atoms with Crippen molar-refractivity contribution < 1.29 is 13.2 Å². The predicted octanol–water partition coefficient (Wildman–Crippen LogP) is 2.06. The van der Waals surface area contributed by atoms with E-state index in [0.717, 1.165) is 11.3 Å².